The normalized spacial score (nSPS) is 12.7. The van der Waals surface area contributed by atoms with E-state index in [1.807, 2.05) is 48.5 Å². The van der Waals surface area contributed by atoms with Crippen LogP contribution in [0.25, 0.3) is 50.1 Å². The van der Waals surface area contributed by atoms with E-state index in [4.69, 9.17) is 4.42 Å². The van der Waals surface area contributed by atoms with Crippen LogP contribution >= 0.6 is 0 Å². The van der Waals surface area contributed by atoms with Crippen molar-refractivity contribution in [1.82, 2.24) is 14.5 Å². The van der Waals surface area contributed by atoms with Crippen LogP contribution in [0.15, 0.2) is 119 Å². The number of fused-ring (bicyclic) bond motifs is 3. The number of aromatic nitrogens is 2. The smallest absolute Gasteiger partial charge is 0.513 e. The molecule has 6 nitrogen and oxygen atoms in total. The minimum Gasteiger partial charge on any atom is -0.513 e. The van der Waals surface area contributed by atoms with Crippen molar-refractivity contribution in [2.75, 3.05) is 5.01 Å². The quantitative estimate of drug-likeness (QED) is 0.143. The van der Waals surface area contributed by atoms with Crippen molar-refractivity contribution in [3.8, 4) is 28.2 Å². The molecule has 5 aromatic carbocycles. The Hall–Kier alpha value is -4.97. The molecule has 1 aliphatic heterocycles. The third-order valence-electron chi connectivity index (χ3n) is 9.82. The van der Waals surface area contributed by atoms with E-state index in [9.17, 15) is 0 Å². The van der Waals surface area contributed by atoms with E-state index in [1.54, 1.807) is 0 Å². The Labute approximate surface area is 333 Å². The Morgan fingerprint density at radius 1 is 0.667 bits per heavy atom. The standard InChI is InChI=1S/C27H27N2.C20H21N3O.Ir/c1-19(2)24-17-23(21-11-7-5-8-12-21)18-25(20(3)4)26(24)29-16-15-28-27(29)22-13-9-6-10-14-22;1-13(2)15-7-5-8-16-17-9-6-10-18(20(17)24-19(15)16)23-12-22(11-21-23)14(3)4;/h5-13,15-20H,1-4H3;5-9,11-14H,1-4H3;/q-1;-2;+3. The van der Waals surface area contributed by atoms with Gasteiger partial charge in [-0.3, -0.25) is 4.98 Å². The zero-order valence-corrected chi connectivity index (χ0v) is 34.7. The molecule has 276 valence electrons. The Kier molecular flexibility index (Phi) is 11.9. The van der Waals surface area contributed by atoms with Crippen LogP contribution in [0.3, 0.4) is 0 Å². The summed E-state index contributed by atoms with van der Waals surface area (Å²) in [4.78, 5) is 6.74. The molecule has 0 unspecified atom stereocenters. The average molecular weight is 891 g/mol. The molecule has 0 saturated heterocycles. The molecule has 0 spiro atoms. The number of nitrogens with zero attached hydrogens (tertiary/aromatic N) is 5. The molecule has 3 heterocycles. The van der Waals surface area contributed by atoms with Gasteiger partial charge in [0.05, 0.1) is 12.2 Å². The Balaban J connectivity index is 0.000000184. The molecule has 8 rings (SSSR count). The van der Waals surface area contributed by atoms with Crippen molar-refractivity contribution < 1.29 is 24.5 Å². The summed E-state index contributed by atoms with van der Waals surface area (Å²) in [6.45, 7) is 19.7. The maximum absolute atomic E-state index is 6.30. The number of rotatable bonds is 8. The van der Waals surface area contributed by atoms with Crippen LogP contribution in [0.5, 0.6) is 0 Å². The number of para-hydroxylation sites is 1. The molecule has 0 N–H and O–H groups in total. The summed E-state index contributed by atoms with van der Waals surface area (Å²) in [7, 11) is 0. The van der Waals surface area contributed by atoms with Gasteiger partial charge in [-0.15, -0.1) is 42.6 Å². The fourth-order valence-electron chi connectivity index (χ4n) is 6.93. The molecule has 1 aliphatic rings. The first-order valence-electron chi connectivity index (χ1n) is 18.7. The molecule has 7 aromatic rings. The second-order valence-electron chi connectivity index (χ2n) is 14.9. The van der Waals surface area contributed by atoms with Crippen LogP contribution in [0.2, 0.25) is 0 Å². The number of hydrogen-bond acceptors (Lipinski definition) is 5. The van der Waals surface area contributed by atoms with E-state index < -0.39 is 0 Å². The number of hydrazone groups is 1. The van der Waals surface area contributed by atoms with Crippen molar-refractivity contribution in [3.63, 3.8) is 0 Å². The Morgan fingerprint density at radius 2 is 1.35 bits per heavy atom. The third-order valence-corrected chi connectivity index (χ3v) is 9.82. The zero-order valence-electron chi connectivity index (χ0n) is 32.3. The van der Waals surface area contributed by atoms with Crippen LogP contribution < -0.4 is 5.01 Å². The Bertz CT molecular complexity index is 2330. The molecule has 7 heteroatoms. The summed E-state index contributed by atoms with van der Waals surface area (Å²) in [6.07, 6.45) is 5.79. The summed E-state index contributed by atoms with van der Waals surface area (Å²) in [6, 6.07) is 40.7. The van der Waals surface area contributed by atoms with Gasteiger partial charge in [-0.1, -0.05) is 95.5 Å². The van der Waals surface area contributed by atoms with Gasteiger partial charge in [0.1, 0.15) is 5.58 Å². The summed E-state index contributed by atoms with van der Waals surface area (Å²) in [5.41, 5.74) is 11.3. The Morgan fingerprint density at radius 3 is 1.98 bits per heavy atom. The van der Waals surface area contributed by atoms with Crippen LogP contribution in [0.4, 0.5) is 5.69 Å². The number of hydrogen-bond donors (Lipinski definition) is 0. The molecule has 0 bridgehead atoms. The van der Waals surface area contributed by atoms with Crippen molar-refractivity contribution in [2.45, 2.75) is 79.2 Å². The maximum atomic E-state index is 6.30. The maximum Gasteiger partial charge on any atom is 3.00 e. The van der Waals surface area contributed by atoms with Crippen LogP contribution in [-0.4, -0.2) is 26.8 Å². The van der Waals surface area contributed by atoms with Crippen molar-refractivity contribution in [3.05, 3.63) is 145 Å². The second kappa shape index (κ2) is 16.6. The zero-order chi connectivity index (χ0) is 37.2. The van der Waals surface area contributed by atoms with E-state index in [1.165, 1.54) is 33.5 Å². The van der Waals surface area contributed by atoms with Gasteiger partial charge in [0.15, 0.2) is 0 Å². The molecule has 0 amide bonds. The summed E-state index contributed by atoms with van der Waals surface area (Å²) >= 11 is 0. The van der Waals surface area contributed by atoms with E-state index in [0.29, 0.717) is 23.8 Å². The number of benzene rings is 5. The van der Waals surface area contributed by atoms with Gasteiger partial charge in [0, 0.05) is 29.1 Å². The van der Waals surface area contributed by atoms with E-state index >= 15 is 0 Å². The minimum atomic E-state index is 0. The van der Waals surface area contributed by atoms with Crippen LogP contribution in [0, 0.1) is 18.8 Å². The summed E-state index contributed by atoms with van der Waals surface area (Å²) in [5, 5.41) is 8.56. The van der Waals surface area contributed by atoms with Crippen LogP contribution in [-0.2, 0) is 20.1 Å². The van der Waals surface area contributed by atoms with Crippen molar-refractivity contribution in [2.24, 2.45) is 5.10 Å². The van der Waals surface area contributed by atoms with Gasteiger partial charge in [0.2, 0.25) is 0 Å². The SMILES string of the molecule is CC(C)c1cc(-c2ccccc2)cc(C(C)C)c1-n1ccnc1-c1[c-]cccc1.CC(C)c1cccc2c1oc1c(N3[CH-]N(C(C)C)C=N3)[c-]ccc12.[Ir+3]. The van der Waals surface area contributed by atoms with Gasteiger partial charge in [-0.25, -0.2) is 0 Å². The van der Waals surface area contributed by atoms with Gasteiger partial charge in [0.25, 0.3) is 0 Å². The fraction of sp³-hybridized carbons (Fsp3) is 0.255. The third kappa shape index (κ3) is 7.66. The van der Waals surface area contributed by atoms with Crippen LogP contribution in [0.1, 0.15) is 89.8 Å². The molecule has 0 radical (unpaired) electrons. The fourth-order valence-corrected chi connectivity index (χ4v) is 6.93. The average Bonchev–Trinajstić information content (AvgIpc) is 3.94. The largest absolute Gasteiger partial charge is 3.00 e. The summed E-state index contributed by atoms with van der Waals surface area (Å²) in [5.74, 6) is 2.12. The molecule has 2 aromatic heterocycles. The number of anilines is 1. The first-order chi connectivity index (χ1) is 25.6. The second-order valence-corrected chi connectivity index (χ2v) is 14.9. The molecule has 0 saturated carbocycles. The van der Waals surface area contributed by atoms with E-state index in [2.05, 4.69) is 166 Å². The monoisotopic (exact) mass is 891 g/mol. The topological polar surface area (TPSA) is 49.8 Å². The van der Waals surface area contributed by atoms with Gasteiger partial charge in [-0.2, -0.15) is 23.3 Å². The number of imidazole rings is 1. The molecule has 54 heavy (non-hydrogen) atoms. The van der Waals surface area contributed by atoms with Gasteiger partial charge >= 0.3 is 20.1 Å². The van der Waals surface area contributed by atoms with Gasteiger partial charge in [-0.05, 0) is 83.3 Å². The first-order valence-corrected chi connectivity index (χ1v) is 18.7. The predicted molar refractivity (Wildman–Crippen MR) is 220 cm³/mol. The molecule has 0 fully saturated rings. The summed E-state index contributed by atoms with van der Waals surface area (Å²) < 4.78 is 8.54. The predicted octanol–water partition coefficient (Wildman–Crippen LogP) is 12.4. The van der Waals surface area contributed by atoms with E-state index in [0.717, 1.165) is 39.0 Å². The first kappa shape index (κ1) is 38.7. The molecule has 0 atom stereocenters. The van der Waals surface area contributed by atoms with E-state index in [-0.39, 0.29) is 20.1 Å². The molecular weight excluding hydrogens is 843 g/mol. The van der Waals surface area contributed by atoms with Crippen molar-refractivity contribution in [1.29, 1.82) is 0 Å². The van der Waals surface area contributed by atoms with Gasteiger partial charge < -0.3 is 18.9 Å². The molecular formula is C47H48IrN5O. The number of furan rings is 1. The molecule has 0 aliphatic carbocycles. The van der Waals surface area contributed by atoms with Crippen molar-refractivity contribution >= 4 is 34.0 Å². The minimum absolute atomic E-state index is 0.